The second-order valence-corrected chi connectivity index (χ2v) is 6.57. The van der Waals surface area contributed by atoms with Crippen LogP contribution in [0.5, 0.6) is 0 Å². The Kier molecular flexibility index (Phi) is 8.41. The van der Waals surface area contributed by atoms with E-state index >= 15 is 0 Å². The number of unbranched alkanes of at least 4 members (excludes halogenated alkanes) is 2. The normalized spacial score (nSPS) is 14.2. The van der Waals surface area contributed by atoms with E-state index in [0.717, 1.165) is 44.5 Å². The quantitative estimate of drug-likeness (QED) is 0.723. The molecule has 1 saturated heterocycles. The second kappa shape index (κ2) is 10.8. The van der Waals surface area contributed by atoms with E-state index in [1.54, 1.807) is 4.90 Å². The van der Waals surface area contributed by atoms with Crippen LogP contribution in [0, 0.1) is 0 Å². The van der Waals surface area contributed by atoms with Crippen molar-refractivity contribution >= 4 is 23.2 Å². The fraction of sp³-hybridized carbons (Fsp3) is 0.600. The molecule has 2 amide bonds. The van der Waals surface area contributed by atoms with Crippen LogP contribution < -0.4 is 10.2 Å². The zero-order valence-electron chi connectivity index (χ0n) is 16.0. The van der Waals surface area contributed by atoms with E-state index in [0.29, 0.717) is 32.0 Å². The summed E-state index contributed by atoms with van der Waals surface area (Å²) >= 11 is 0. The van der Waals surface area contributed by atoms with Crippen molar-refractivity contribution in [1.29, 1.82) is 0 Å². The summed E-state index contributed by atoms with van der Waals surface area (Å²) in [6.07, 6.45) is 3.81. The van der Waals surface area contributed by atoms with Crippen molar-refractivity contribution in [2.75, 3.05) is 49.6 Å². The van der Waals surface area contributed by atoms with Gasteiger partial charge in [0.2, 0.25) is 0 Å². The molecule has 0 unspecified atom stereocenters. The highest BCUT2D eigenvalue weighted by atomic mass is 16.5. The maximum Gasteiger partial charge on any atom is 0.313 e. The summed E-state index contributed by atoms with van der Waals surface area (Å²) in [4.78, 5) is 29.1. The number of hydrogen-bond acceptors (Lipinski definition) is 4. The lowest BCUT2D eigenvalue weighted by Crippen LogP contribution is -2.41. The number of ether oxygens (including phenoxy) is 1. The van der Waals surface area contributed by atoms with Crippen LogP contribution in [0.25, 0.3) is 0 Å². The van der Waals surface area contributed by atoms with Gasteiger partial charge in [0.1, 0.15) is 0 Å². The lowest BCUT2D eigenvalue weighted by molar-refractivity contribution is -0.143. The number of anilines is 2. The molecular formula is C20H31N3O3. The zero-order valence-corrected chi connectivity index (χ0v) is 16.0. The molecule has 0 saturated carbocycles. The largest absolute Gasteiger partial charge is 0.378 e. The number of amides is 2. The predicted octanol–water partition coefficient (Wildman–Crippen LogP) is 2.89. The van der Waals surface area contributed by atoms with Gasteiger partial charge in [0.15, 0.2) is 0 Å². The van der Waals surface area contributed by atoms with Gasteiger partial charge in [0, 0.05) is 26.2 Å². The predicted molar refractivity (Wildman–Crippen MR) is 104 cm³/mol. The first-order chi connectivity index (χ1) is 12.7. The molecule has 26 heavy (non-hydrogen) atoms. The van der Waals surface area contributed by atoms with Crippen LogP contribution in [0.1, 0.15) is 39.5 Å². The highest BCUT2D eigenvalue weighted by Gasteiger charge is 2.23. The molecule has 6 nitrogen and oxygen atoms in total. The van der Waals surface area contributed by atoms with Crippen LogP contribution in [0.4, 0.5) is 11.4 Å². The third kappa shape index (κ3) is 5.73. The molecule has 1 aliphatic heterocycles. The van der Waals surface area contributed by atoms with E-state index in [1.807, 2.05) is 24.3 Å². The Labute approximate surface area is 156 Å². The molecule has 1 N–H and O–H groups in total. The first-order valence-electron chi connectivity index (χ1n) is 9.69. The Bertz CT molecular complexity index is 577. The summed E-state index contributed by atoms with van der Waals surface area (Å²) in [6.45, 7) is 8.33. The minimum absolute atomic E-state index is 0.441. The van der Waals surface area contributed by atoms with Crippen molar-refractivity contribution in [1.82, 2.24) is 4.90 Å². The van der Waals surface area contributed by atoms with Crippen molar-refractivity contribution in [3.8, 4) is 0 Å². The van der Waals surface area contributed by atoms with E-state index < -0.39 is 11.8 Å². The SMILES string of the molecule is CCCCN(CCCC)C(=O)C(=O)Nc1ccccc1N1CCOCC1. The van der Waals surface area contributed by atoms with Crippen molar-refractivity contribution in [3.05, 3.63) is 24.3 Å². The van der Waals surface area contributed by atoms with Gasteiger partial charge in [-0.3, -0.25) is 9.59 Å². The Morgan fingerprint density at radius 3 is 2.31 bits per heavy atom. The number of carbonyl (C=O) groups is 2. The molecule has 0 spiro atoms. The van der Waals surface area contributed by atoms with Gasteiger partial charge in [-0.25, -0.2) is 0 Å². The molecule has 1 aliphatic rings. The molecule has 1 heterocycles. The highest BCUT2D eigenvalue weighted by Crippen LogP contribution is 2.26. The molecule has 1 aromatic carbocycles. The minimum atomic E-state index is -0.557. The van der Waals surface area contributed by atoms with Crippen molar-refractivity contribution in [3.63, 3.8) is 0 Å². The zero-order chi connectivity index (χ0) is 18.8. The Balaban J connectivity index is 2.06. The maximum atomic E-state index is 12.6. The summed E-state index contributed by atoms with van der Waals surface area (Å²) < 4.78 is 5.40. The number of nitrogens with one attached hydrogen (secondary N) is 1. The number of rotatable bonds is 8. The van der Waals surface area contributed by atoms with Gasteiger partial charge in [-0.05, 0) is 25.0 Å². The molecule has 0 radical (unpaired) electrons. The molecular weight excluding hydrogens is 330 g/mol. The highest BCUT2D eigenvalue weighted by molar-refractivity contribution is 6.39. The number of morpholine rings is 1. The summed E-state index contributed by atoms with van der Waals surface area (Å²) in [5, 5.41) is 2.83. The summed E-state index contributed by atoms with van der Waals surface area (Å²) in [5.74, 6) is -0.999. The van der Waals surface area contributed by atoms with E-state index in [2.05, 4.69) is 24.1 Å². The second-order valence-electron chi connectivity index (χ2n) is 6.57. The number of nitrogens with zero attached hydrogens (tertiary/aromatic N) is 2. The van der Waals surface area contributed by atoms with Gasteiger partial charge in [-0.15, -0.1) is 0 Å². The lowest BCUT2D eigenvalue weighted by Gasteiger charge is -2.30. The van der Waals surface area contributed by atoms with Crippen molar-refractivity contribution < 1.29 is 14.3 Å². The first kappa shape index (κ1) is 20.2. The molecule has 144 valence electrons. The molecule has 0 aromatic heterocycles. The molecule has 1 aromatic rings. The average molecular weight is 361 g/mol. The molecule has 0 atom stereocenters. The summed E-state index contributed by atoms with van der Waals surface area (Å²) in [6, 6.07) is 7.63. The van der Waals surface area contributed by atoms with E-state index in [-0.39, 0.29) is 0 Å². The minimum Gasteiger partial charge on any atom is -0.378 e. The van der Waals surface area contributed by atoms with E-state index in [1.165, 1.54) is 0 Å². The first-order valence-corrected chi connectivity index (χ1v) is 9.69. The molecule has 2 rings (SSSR count). The fourth-order valence-corrected chi connectivity index (χ4v) is 2.99. The van der Waals surface area contributed by atoms with Gasteiger partial charge in [-0.1, -0.05) is 38.8 Å². The Morgan fingerprint density at radius 1 is 1.08 bits per heavy atom. The lowest BCUT2D eigenvalue weighted by atomic mass is 10.2. The van der Waals surface area contributed by atoms with Gasteiger partial charge < -0.3 is 19.9 Å². The Morgan fingerprint density at radius 2 is 1.69 bits per heavy atom. The number of hydrogen-bond donors (Lipinski definition) is 1. The number of carbonyl (C=O) groups excluding carboxylic acids is 2. The summed E-state index contributed by atoms with van der Waals surface area (Å²) in [5.41, 5.74) is 1.62. The van der Waals surface area contributed by atoms with Crippen LogP contribution in [-0.2, 0) is 14.3 Å². The summed E-state index contributed by atoms with van der Waals surface area (Å²) in [7, 11) is 0. The standard InChI is InChI=1S/C20H31N3O3/c1-3-5-11-23(12-6-4-2)20(25)19(24)21-17-9-7-8-10-18(17)22-13-15-26-16-14-22/h7-10H,3-6,11-16H2,1-2H3,(H,21,24). The third-order valence-electron chi connectivity index (χ3n) is 4.55. The van der Waals surface area contributed by atoms with Crippen molar-refractivity contribution in [2.24, 2.45) is 0 Å². The Hall–Kier alpha value is -2.08. The van der Waals surface area contributed by atoms with Crippen LogP contribution in [-0.4, -0.2) is 56.1 Å². The van der Waals surface area contributed by atoms with Gasteiger partial charge >= 0.3 is 11.8 Å². The van der Waals surface area contributed by atoms with Crippen LogP contribution in [0.3, 0.4) is 0 Å². The number of benzene rings is 1. The van der Waals surface area contributed by atoms with Crippen LogP contribution in [0.15, 0.2) is 24.3 Å². The monoisotopic (exact) mass is 361 g/mol. The number of para-hydroxylation sites is 2. The molecule has 1 fully saturated rings. The topological polar surface area (TPSA) is 61.9 Å². The van der Waals surface area contributed by atoms with Crippen molar-refractivity contribution in [2.45, 2.75) is 39.5 Å². The third-order valence-corrected chi connectivity index (χ3v) is 4.55. The molecule has 0 aliphatic carbocycles. The van der Waals surface area contributed by atoms with Gasteiger partial charge in [0.05, 0.1) is 24.6 Å². The van der Waals surface area contributed by atoms with Gasteiger partial charge in [-0.2, -0.15) is 0 Å². The van der Waals surface area contributed by atoms with E-state index in [4.69, 9.17) is 4.74 Å². The molecule has 0 bridgehead atoms. The maximum absolute atomic E-state index is 12.6. The van der Waals surface area contributed by atoms with Gasteiger partial charge in [0.25, 0.3) is 0 Å². The van der Waals surface area contributed by atoms with Crippen LogP contribution >= 0.6 is 0 Å². The van der Waals surface area contributed by atoms with E-state index in [9.17, 15) is 9.59 Å². The smallest absolute Gasteiger partial charge is 0.313 e. The fourth-order valence-electron chi connectivity index (χ4n) is 2.99. The van der Waals surface area contributed by atoms with Crippen LogP contribution in [0.2, 0.25) is 0 Å². The molecule has 6 heteroatoms. The average Bonchev–Trinajstić information content (AvgIpc) is 2.68.